The molecule has 1 amide bonds. The van der Waals surface area contributed by atoms with E-state index in [9.17, 15) is 31.5 Å². The van der Waals surface area contributed by atoms with Gasteiger partial charge in [-0.3, -0.25) is 14.9 Å². The summed E-state index contributed by atoms with van der Waals surface area (Å²) in [4.78, 5) is 22.8. The first kappa shape index (κ1) is 29.9. The summed E-state index contributed by atoms with van der Waals surface area (Å²) in [5.41, 5.74) is 7.04. The fraction of sp³-hybridized carbons (Fsp3) is 0.400. The van der Waals surface area contributed by atoms with Crippen LogP contribution in [0.4, 0.5) is 19.0 Å². The molecule has 4 N–H and O–H groups in total. The average Bonchev–Trinajstić information content (AvgIpc) is 3.60. The summed E-state index contributed by atoms with van der Waals surface area (Å²) < 4.78 is 65.4. The Morgan fingerprint density at radius 2 is 1.95 bits per heavy atom. The number of aliphatic hydroxyl groups is 1. The molecule has 2 unspecified atom stereocenters. The van der Waals surface area contributed by atoms with E-state index in [-0.39, 0.29) is 40.4 Å². The van der Waals surface area contributed by atoms with Gasteiger partial charge in [-0.15, -0.1) is 0 Å². The van der Waals surface area contributed by atoms with Crippen LogP contribution in [-0.2, 0) is 16.3 Å². The quantitative estimate of drug-likeness (QED) is 0.250. The first-order valence-electron chi connectivity index (χ1n) is 12.6. The monoisotopic (exact) mass is 594 g/mol. The van der Waals surface area contributed by atoms with Crippen molar-refractivity contribution < 1.29 is 31.5 Å². The van der Waals surface area contributed by atoms with Gasteiger partial charge in [0.1, 0.15) is 16.4 Å². The molecule has 0 saturated heterocycles. The third-order valence-electron chi connectivity index (χ3n) is 6.73. The molecule has 4 aromatic rings. The van der Waals surface area contributed by atoms with Crippen molar-refractivity contribution in [2.75, 3.05) is 18.5 Å². The number of nitrogens with two attached hydrogens (primary N) is 1. The molecular weight excluding hydrogens is 565 g/mol. The molecule has 4 aromatic heterocycles. The molecule has 16 heteroatoms. The van der Waals surface area contributed by atoms with Gasteiger partial charge >= 0.3 is 6.18 Å². The van der Waals surface area contributed by atoms with Crippen LogP contribution in [-0.4, -0.2) is 79.1 Å². The van der Waals surface area contributed by atoms with Crippen molar-refractivity contribution in [3.63, 3.8) is 0 Å². The highest BCUT2D eigenvalue weighted by molar-refractivity contribution is 7.91. The van der Waals surface area contributed by atoms with E-state index in [2.05, 4.69) is 25.3 Å². The normalized spacial score (nSPS) is 13.8. The predicted octanol–water partition coefficient (Wildman–Crippen LogP) is 2.97. The Bertz CT molecular complexity index is 1640. The maximum atomic E-state index is 13.0. The van der Waals surface area contributed by atoms with Crippen LogP contribution in [0.2, 0.25) is 0 Å². The molecule has 12 nitrogen and oxygen atoms in total. The number of carbonyl (C=O) groups is 1. The first-order valence-corrected chi connectivity index (χ1v) is 14.5. The molecule has 0 aromatic carbocycles. The van der Waals surface area contributed by atoms with Gasteiger partial charge in [0.2, 0.25) is 0 Å². The fourth-order valence-electron chi connectivity index (χ4n) is 4.70. The number of aliphatic hydroxyl groups excluding tert-OH is 1. The Hall–Kier alpha value is -4.05. The van der Waals surface area contributed by atoms with Crippen LogP contribution in [0.3, 0.4) is 0 Å². The number of alkyl halides is 3. The number of hydrogen-bond donors (Lipinski definition) is 3. The number of nitrogen functional groups attached to an aromatic ring is 1. The van der Waals surface area contributed by atoms with E-state index in [1.807, 2.05) is 13.8 Å². The maximum absolute atomic E-state index is 13.0. The zero-order valence-corrected chi connectivity index (χ0v) is 23.2. The Labute approximate surface area is 233 Å². The summed E-state index contributed by atoms with van der Waals surface area (Å²) in [7, 11) is -3.86. The number of pyridine rings is 1. The summed E-state index contributed by atoms with van der Waals surface area (Å²) in [5.74, 6) is -0.419. The zero-order valence-electron chi connectivity index (χ0n) is 22.4. The molecule has 0 aliphatic heterocycles. The molecule has 0 aliphatic rings. The van der Waals surface area contributed by atoms with Crippen LogP contribution in [0.25, 0.3) is 16.8 Å². The lowest BCUT2D eigenvalue weighted by atomic mass is 10.0. The van der Waals surface area contributed by atoms with Crippen LogP contribution < -0.4 is 5.73 Å². The summed E-state index contributed by atoms with van der Waals surface area (Å²) in [6, 6.07) is 3.67. The van der Waals surface area contributed by atoms with Crippen molar-refractivity contribution in [1.82, 2.24) is 34.7 Å². The highest BCUT2D eigenvalue weighted by Crippen LogP contribution is 2.34. The minimum atomic E-state index is -4.88. The number of halogens is 3. The van der Waals surface area contributed by atoms with Gasteiger partial charge in [0.05, 0.1) is 17.6 Å². The number of rotatable bonds is 10. The standard InChI is InChI=1S/C25H29F3N8O4S/c1-4-15(35(5-2)24(38)19-10-11-31-34-19)7-9-17-20(41(3,39)40)22(29)36-23(33-17)16(13-32-36)14-6-8-18(30-12-14)21(37)25(26,27)28/h6,8,10-13,15,21,37H,4-5,7,9,29H2,1-3H3,(H,31,34). The van der Waals surface area contributed by atoms with Crippen LogP contribution in [0.15, 0.2) is 41.7 Å². The number of carbonyl (C=O) groups excluding carboxylic acids is 1. The van der Waals surface area contributed by atoms with Crippen molar-refractivity contribution in [1.29, 1.82) is 0 Å². The summed E-state index contributed by atoms with van der Waals surface area (Å²) in [6.45, 7) is 4.16. The second-order valence-corrected chi connectivity index (χ2v) is 11.4. The molecule has 0 fully saturated rings. The predicted molar refractivity (Wildman–Crippen MR) is 142 cm³/mol. The number of amides is 1. The molecule has 0 aliphatic carbocycles. The van der Waals surface area contributed by atoms with E-state index >= 15 is 0 Å². The second kappa shape index (κ2) is 11.4. The number of aryl methyl sites for hydroxylation is 1. The third-order valence-corrected chi connectivity index (χ3v) is 7.91. The first-order chi connectivity index (χ1) is 19.3. The minimum Gasteiger partial charge on any atom is -0.382 e. The molecule has 0 saturated carbocycles. The lowest BCUT2D eigenvalue weighted by molar-refractivity contribution is -0.207. The van der Waals surface area contributed by atoms with Crippen LogP contribution in [0.1, 0.15) is 54.7 Å². The van der Waals surface area contributed by atoms with Crippen LogP contribution in [0, 0.1) is 0 Å². The fourth-order valence-corrected chi connectivity index (χ4v) is 5.74. The van der Waals surface area contributed by atoms with Crippen molar-refractivity contribution in [3.8, 4) is 11.1 Å². The van der Waals surface area contributed by atoms with Crippen molar-refractivity contribution in [3.05, 3.63) is 53.9 Å². The van der Waals surface area contributed by atoms with Gasteiger partial charge in [-0.05, 0) is 38.3 Å². The minimum absolute atomic E-state index is 0.147. The highest BCUT2D eigenvalue weighted by Gasteiger charge is 2.40. The number of fused-ring (bicyclic) bond motifs is 1. The molecule has 220 valence electrons. The molecule has 4 heterocycles. The Morgan fingerprint density at radius 1 is 1.22 bits per heavy atom. The van der Waals surface area contributed by atoms with Gasteiger partial charge in [-0.1, -0.05) is 13.0 Å². The number of hydrogen-bond acceptors (Lipinski definition) is 9. The SMILES string of the molecule is CCC(CCc1nc2c(-c3ccc(C(O)C(F)(F)F)nc3)cnn2c(N)c1S(C)(=O)=O)N(CC)C(=O)c1ccn[nH]1. The van der Waals surface area contributed by atoms with Crippen LogP contribution in [0.5, 0.6) is 0 Å². The zero-order chi connectivity index (χ0) is 30.1. The van der Waals surface area contributed by atoms with Gasteiger partial charge < -0.3 is 15.7 Å². The molecule has 2 atom stereocenters. The Balaban J connectivity index is 1.72. The topological polar surface area (TPSA) is 172 Å². The van der Waals surface area contributed by atoms with Crippen molar-refractivity contribution in [2.24, 2.45) is 0 Å². The highest BCUT2D eigenvalue weighted by atomic mass is 32.2. The summed E-state index contributed by atoms with van der Waals surface area (Å²) >= 11 is 0. The molecule has 4 rings (SSSR count). The summed E-state index contributed by atoms with van der Waals surface area (Å²) in [6.07, 6.45) is -1.55. The van der Waals surface area contributed by atoms with E-state index in [0.717, 1.165) is 23.0 Å². The largest absolute Gasteiger partial charge is 0.420 e. The van der Waals surface area contributed by atoms with Gasteiger partial charge in [-0.25, -0.2) is 13.4 Å². The second-order valence-electron chi connectivity index (χ2n) is 9.42. The smallest absolute Gasteiger partial charge is 0.382 e. The van der Waals surface area contributed by atoms with Crippen molar-refractivity contribution >= 4 is 27.2 Å². The van der Waals surface area contributed by atoms with Crippen molar-refractivity contribution in [2.45, 2.75) is 56.3 Å². The summed E-state index contributed by atoms with van der Waals surface area (Å²) in [5, 5.41) is 20.1. The number of nitrogens with zero attached hydrogens (tertiary/aromatic N) is 6. The average molecular weight is 595 g/mol. The van der Waals surface area contributed by atoms with E-state index in [1.165, 1.54) is 18.5 Å². The lowest BCUT2D eigenvalue weighted by Crippen LogP contribution is -2.40. The molecule has 0 radical (unpaired) electrons. The molecular formula is C25H29F3N8O4S. The van der Waals surface area contributed by atoms with E-state index in [1.54, 1.807) is 11.0 Å². The van der Waals surface area contributed by atoms with Gasteiger partial charge in [0, 0.05) is 42.4 Å². The van der Waals surface area contributed by atoms with Gasteiger partial charge in [-0.2, -0.15) is 27.9 Å². The van der Waals surface area contributed by atoms with Crippen LogP contribution >= 0.6 is 0 Å². The number of aromatic nitrogens is 6. The number of aromatic amines is 1. The van der Waals surface area contributed by atoms with E-state index < -0.39 is 27.8 Å². The number of sulfone groups is 1. The Kier molecular flexibility index (Phi) is 8.35. The lowest BCUT2D eigenvalue weighted by Gasteiger charge is -2.30. The maximum Gasteiger partial charge on any atom is 0.420 e. The van der Waals surface area contributed by atoms with E-state index in [4.69, 9.17) is 5.73 Å². The number of nitrogens with one attached hydrogen (secondary N) is 1. The van der Waals surface area contributed by atoms with Gasteiger partial charge in [0.15, 0.2) is 21.6 Å². The molecule has 41 heavy (non-hydrogen) atoms. The third kappa shape index (κ3) is 6.02. The molecule has 0 bridgehead atoms. The number of anilines is 1. The van der Waals surface area contributed by atoms with Gasteiger partial charge in [0.25, 0.3) is 5.91 Å². The number of H-pyrrole nitrogens is 1. The van der Waals surface area contributed by atoms with E-state index in [0.29, 0.717) is 36.2 Å². The Morgan fingerprint density at radius 3 is 2.49 bits per heavy atom. The molecule has 0 spiro atoms.